The molecule has 0 spiro atoms. The number of aromatic amines is 1. The first-order chi connectivity index (χ1) is 14.1. The largest absolute Gasteiger partial charge is 0.351 e. The summed E-state index contributed by atoms with van der Waals surface area (Å²) in [5.41, 5.74) is 3.52. The number of hydrogen-bond acceptors (Lipinski definition) is 5. The van der Waals surface area contributed by atoms with E-state index in [0.29, 0.717) is 23.2 Å². The number of thioether (sulfide) groups is 1. The minimum absolute atomic E-state index is 0.0991. The topological polar surface area (TPSA) is 92.2 Å². The van der Waals surface area contributed by atoms with E-state index in [0.717, 1.165) is 11.1 Å². The summed E-state index contributed by atoms with van der Waals surface area (Å²) < 4.78 is 1.76. The summed E-state index contributed by atoms with van der Waals surface area (Å²) in [4.78, 5) is 26.9. The van der Waals surface area contributed by atoms with Crippen LogP contribution in [-0.2, 0) is 11.3 Å². The second-order valence-electron chi connectivity index (χ2n) is 6.58. The van der Waals surface area contributed by atoms with Crippen LogP contribution in [0.5, 0.6) is 0 Å². The van der Waals surface area contributed by atoms with Crippen molar-refractivity contribution in [2.45, 2.75) is 18.6 Å². The molecule has 0 aliphatic heterocycles. The summed E-state index contributed by atoms with van der Waals surface area (Å²) in [7, 11) is 0. The first-order valence-corrected chi connectivity index (χ1v) is 10.1. The second-order valence-corrected chi connectivity index (χ2v) is 7.52. The van der Waals surface area contributed by atoms with Gasteiger partial charge in [0.15, 0.2) is 5.16 Å². The average molecular weight is 405 g/mol. The van der Waals surface area contributed by atoms with E-state index in [9.17, 15) is 9.59 Å². The molecule has 2 N–H and O–H groups in total. The molecule has 1 amide bonds. The van der Waals surface area contributed by atoms with Crippen LogP contribution >= 0.6 is 11.8 Å². The molecule has 0 radical (unpaired) electrons. The first kappa shape index (κ1) is 18.9. The van der Waals surface area contributed by atoms with Gasteiger partial charge in [0, 0.05) is 12.6 Å². The highest BCUT2D eigenvalue weighted by molar-refractivity contribution is 7.99. The smallest absolute Gasteiger partial charge is 0.252 e. The summed E-state index contributed by atoms with van der Waals surface area (Å²) in [5, 5.41) is 11.7. The second kappa shape index (κ2) is 8.32. The van der Waals surface area contributed by atoms with Gasteiger partial charge in [0.2, 0.25) is 11.7 Å². The van der Waals surface area contributed by atoms with Crippen molar-refractivity contribution in [3.63, 3.8) is 0 Å². The fraction of sp³-hybridized carbons (Fsp3) is 0.143. The standard InChI is InChI=1S/C21H19N5O2S/c1-14-7-9-15(10-8-14)12-22-19(28)13-29-21-25-24-20-23-18(27)11-17(26(20)21)16-5-3-2-4-6-16/h2-11H,12-13H2,1H3,(H,22,28)(H,23,24,27). The van der Waals surface area contributed by atoms with Gasteiger partial charge in [0.05, 0.1) is 11.4 Å². The fourth-order valence-corrected chi connectivity index (χ4v) is 3.68. The minimum atomic E-state index is -0.254. The molecule has 2 aromatic carbocycles. The molecule has 0 aliphatic carbocycles. The number of nitrogens with zero attached hydrogens (tertiary/aromatic N) is 3. The lowest BCUT2D eigenvalue weighted by molar-refractivity contribution is -0.118. The zero-order chi connectivity index (χ0) is 20.2. The van der Waals surface area contributed by atoms with Crippen molar-refractivity contribution in [3.8, 4) is 11.3 Å². The molecule has 8 heteroatoms. The number of benzene rings is 2. The normalized spacial score (nSPS) is 10.9. The van der Waals surface area contributed by atoms with Crippen molar-refractivity contribution in [1.29, 1.82) is 0 Å². The van der Waals surface area contributed by atoms with E-state index in [1.807, 2.05) is 61.5 Å². The third-order valence-corrected chi connectivity index (χ3v) is 5.32. The third-order valence-electron chi connectivity index (χ3n) is 4.39. The lowest BCUT2D eigenvalue weighted by Crippen LogP contribution is -2.24. The molecule has 0 fully saturated rings. The van der Waals surface area contributed by atoms with Crippen molar-refractivity contribution in [1.82, 2.24) is 24.9 Å². The van der Waals surface area contributed by atoms with E-state index < -0.39 is 0 Å². The van der Waals surface area contributed by atoms with Crippen LogP contribution in [0.25, 0.3) is 17.0 Å². The lowest BCUT2D eigenvalue weighted by atomic mass is 10.1. The Bertz CT molecular complexity index is 1200. The van der Waals surface area contributed by atoms with Gasteiger partial charge in [-0.25, -0.2) is 0 Å². The monoisotopic (exact) mass is 405 g/mol. The van der Waals surface area contributed by atoms with Crippen LogP contribution < -0.4 is 10.9 Å². The summed E-state index contributed by atoms with van der Waals surface area (Å²) in [6.07, 6.45) is 0. The van der Waals surface area contributed by atoms with E-state index in [-0.39, 0.29) is 17.2 Å². The lowest BCUT2D eigenvalue weighted by Gasteiger charge is -2.08. The molecular formula is C21H19N5O2S. The van der Waals surface area contributed by atoms with E-state index in [1.54, 1.807) is 4.40 Å². The molecule has 0 saturated heterocycles. The van der Waals surface area contributed by atoms with E-state index >= 15 is 0 Å². The molecule has 0 atom stereocenters. The number of hydrogen-bond donors (Lipinski definition) is 2. The highest BCUT2D eigenvalue weighted by Crippen LogP contribution is 2.23. The minimum Gasteiger partial charge on any atom is -0.351 e. The highest BCUT2D eigenvalue weighted by atomic mass is 32.2. The van der Waals surface area contributed by atoms with Gasteiger partial charge in [-0.2, -0.15) is 0 Å². The molecule has 7 nitrogen and oxygen atoms in total. The molecule has 2 aromatic heterocycles. The average Bonchev–Trinajstić information content (AvgIpc) is 3.14. The van der Waals surface area contributed by atoms with Crippen LogP contribution in [0.3, 0.4) is 0 Å². The molecule has 0 saturated carbocycles. The molecule has 2 heterocycles. The van der Waals surface area contributed by atoms with E-state index in [1.165, 1.54) is 23.4 Å². The molecule has 0 aliphatic rings. The number of aromatic nitrogens is 4. The maximum atomic E-state index is 12.3. The number of H-pyrrole nitrogens is 1. The summed E-state index contributed by atoms with van der Waals surface area (Å²) in [6, 6.07) is 19.1. The maximum Gasteiger partial charge on any atom is 0.252 e. The van der Waals surface area contributed by atoms with Gasteiger partial charge in [0.1, 0.15) is 0 Å². The van der Waals surface area contributed by atoms with Crippen molar-refractivity contribution in [3.05, 3.63) is 82.1 Å². The van der Waals surface area contributed by atoms with Gasteiger partial charge in [0.25, 0.3) is 5.56 Å². The highest BCUT2D eigenvalue weighted by Gasteiger charge is 2.14. The van der Waals surface area contributed by atoms with Crippen LogP contribution in [0.15, 0.2) is 70.6 Å². The van der Waals surface area contributed by atoms with Crippen molar-refractivity contribution in [2.75, 3.05) is 5.75 Å². The fourth-order valence-electron chi connectivity index (χ4n) is 2.91. The number of aryl methyl sites for hydroxylation is 1. The van der Waals surface area contributed by atoms with Gasteiger partial charge in [-0.15, -0.1) is 10.2 Å². The van der Waals surface area contributed by atoms with Crippen molar-refractivity contribution in [2.24, 2.45) is 0 Å². The summed E-state index contributed by atoms with van der Waals surface area (Å²) in [5.74, 6) is 0.442. The Morgan fingerprint density at radius 1 is 1.10 bits per heavy atom. The zero-order valence-electron chi connectivity index (χ0n) is 15.8. The van der Waals surface area contributed by atoms with Crippen LogP contribution in [0.4, 0.5) is 0 Å². The Labute approximate surface area is 171 Å². The van der Waals surface area contributed by atoms with Crippen LogP contribution in [-0.4, -0.2) is 31.2 Å². The number of carbonyl (C=O) groups is 1. The summed E-state index contributed by atoms with van der Waals surface area (Å²) in [6.45, 7) is 2.50. The van der Waals surface area contributed by atoms with Gasteiger partial charge in [-0.3, -0.25) is 19.0 Å². The molecule has 146 valence electrons. The van der Waals surface area contributed by atoms with E-state index in [4.69, 9.17) is 0 Å². The zero-order valence-corrected chi connectivity index (χ0v) is 16.6. The van der Waals surface area contributed by atoms with Crippen LogP contribution in [0, 0.1) is 6.92 Å². The first-order valence-electron chi connectivity index (χ1n) is 9.09. The SMILES string of the molecule is Cc1ccc(CNC(=O)CSc2nnc3[nH]c(=O)cc(-c4ccccc4)n23)cc1. The number of nitrogens with one attached hydrogen (secondary N) is 2. The Kier molecular flexibility index (Phi) is 5.44. The Morgan fingerprint density at radius 2 is 1.86 bits per heavy atom. The predicted octanol–water partition coefficient (Wildman–Crippen LogP) is 2.80. The van der Waals surface area contributed by atoms with Gasteiger partial charge < -0.3 is 5.32 Å². The molecule has 0 unspecified atom stereocenters. The molecule has 4 aromatic rings. The summed E-state index contributed by atoms with van der Waals surface area (Å²) >= 11 is 1.27. The van der Waals surface area contributed by atoms with Crippen molar-refractivity contribution < 1.29 is 4.79 Å². The Balaban J connectivity index is 1.50. The molecule has 29 heavy (non-hydrogen) atoms. The maximum absolute atomic E-state index is 12.3. The number of amides is 1. The predicted molar refractivity (Wildman–Crippen MR) is 113 cm³/mol. The van der Waals surface area contributed by atoms with Gasteiger partial charge in [-0.1, -0.05) is 71.9 Å². The van der Waals surface area contributed by atoms with Crippen LogP contribution in [0.1, 0.15) is 11.1 Å². The van der Waals surface area contributed by atoms with Gasteiger partial charge >= 0.3 is 0 Å². The number of carbonyl (C=O) groups excluding carboxylic acids is 1. The quantitative estimate of drug-likeness (QED) is 0.481. The number of rotatable bonds is 6. The van der Waals surface area contributed by atoms with Crippen molar-refractivity contribution >= 4 is 23.4 Å². The van der Waals surface area contributed by atoms with E-state index in [2.05, 4.69) is 20.5 Å². The molecular weight excluding hydrogens is 386 g/mol. The Morgan fingerprint density at radius 3 is 2.62 bits per heavy atom. The van der Waals surface area contributed by atoms with Crippen LogP contribution in [0.2, 0.25) is 0 Å². The third kappa shape index (κ3) is 4.38. The number of fused-ring (bicyclic) bond motifs is 1. The Hall–Kier alpha value is -3.39. The van der Waals surface area contributed by atoms with Gasteiger partial charge in [-0.05, 0) is 18.1 Å². The molecule has 0 bridgehead atoms. The molecule has 4 rings (SSSR count).